The largest absolute Gasteiger partial charge is 0.372 e. The van der Waals surface area contributed by atoms with Gasteiger partial charge in [-0.25, -0.2) is 4.98 Å². The summed E-state index contributed by atoms with van der Waals surface area (Å²) in [6.45, 7) is 6.47. The summed E-state index contributed by atoms with van der Waals surface area (Å²) in [5, 5.41) is 4.07. The van der Waals surface area contributed by atoms with Gasteiger partial charge in [-0.1, -0.05) is 17.7 Å². The number of pyridine rings is 2. The molecule has 1 N–H and O–H groups in total. The highest BCUT2D eigenvalue weighted by atomic mass is 35.5. The second-order valence-corrected chi connectivity index (χ2v) is 8.53. The van der Waals surface area contributed by atoms with E-state index in [4.69, 9.17) is 16.3 Å². The van der Waals surface area contributed by atoms with Crippen molar-refractivity contribution in [3.8, 4) is 0 Å². The Morgan fingerprint density at radius 2 is 2.06 bits per heavy atom. The van der Waals surface area contributed by atoms with Gasteiger partial charge in [-0.3, -0.25) is 9.78 Å². The van der Waals surface area contributed by atoms with Crippen LogP contribution in [0.25, 0.3) is 5.65 Å². The molecule has 1 fully saturated rings. The fourth-order valence-electron chi connectivity index (χ4n) is 4.07. The maximum absolute atomic E-state index is 13.4. The Hall–Kier alpha value is -2.48. The summed E-state index contributed by atoms with van der Waals surface area (Å²) in [5.74, 6) is -0.0611. The van der Waals surface area contributed by atoms with Crippen LogP contribution in [-0.2, 0) is 17.7 Å². The van der Waals surface area contributed by atoms with Crippen molar-refractivity contribution in [3.05, 3.63) is 64.8 Å². The lowest BCUT2D eigenvalue weighted by Gasteiger charge is -2.35. The van der Waals surface area contributed by atoms with Crippen LogP contribution in [0.4, 0.5) is 0 Å². The lowest BCUT2D eigenvalue weighted by atomic mass is 10.1. The second-order valence-electron chi connectivity index (χ2n) is 8.09. The zero-order chi connectivity index (χ0) is 21.8. The molecule has 8 heteroatoms. The normalized spacial score (nSPS) is 19.1. The number of fused-ring (bicyclic) bond motifs is 1. The van der Waals surface area contributed by atoms with Crippen molar-refractivity contribution in [2.45, 2.75) is 45.4 Å². The number of hydrogen-bond donors (Lipinski definition) is 1. The predicted molar refractivity (Wildman–Crippen MR) is 120 cm³/mol. The topological polar surface area (TPSA) is 71.8 Å². The van der Waals surface area contributed by atoms with Gasteiger partial charge in [-0.15, -0.1) is 0 Å². The van der Waals surface area contributed by atoms with E-state index in [1.165, 1.54) is 5.56 Å². The molecule has 2 atom stereocenters. The SMILES string of the molecule is C[C@@H]1CN(C(=O)c2nc3ccc(Cl)cn3c2CNCCCc2cccnc2)C[C@H](C)O1. The van der Waals surface area contributed by atoms with Crippen molar-refractivity contribution in [2.24, 2.45) is 0 Å². The first-order valence-corrected chi connectivity index (χ1v) is 11.1. The second kappa shape index (κ2) is 9.77. The summed E-state index contributed by atoms with van der Waals surface area (Å²) in [6, 6.07) is 7.68. The zero-order valence-corrected chi connectivity index (χ0v) is 18.7. The standard InChI is InChI=1S/C23H28ClN5O2/c1-16-13-28(14-17(2)31-16)23(30)22-20(29-15-19(24)7-8-21(29)27-22)12-26-10-4-6-18-5-3-9-25-11-18/h3,5,7-9,11,15-17,26H,4,6,10,12-14H2,1-2H3/t16-,17+. The molecule has 0 aliphatic carbocycles. The molecule has 1 saturated heterocycles. The Morgan fingerprint density at radius 1 is 1.26 bits per heavy atom. The molecule has 0 radical (unpaired) electrons. The van der Waals surface area contributed by atoms with Crippen molar-refractivity contribution in [3.63, 3.8) is 0 Å². The van der Waals surface area contributed by atoms with Gasteiger partial charge in [0.05, 0.1) is 22.9 Å². The molecule has 0 aromatic carbocycles. The van der Waals surface area contributed by atoms with Crippen LogP contribution in [0.5, 0.6) is 0 Å². The summed E-state index contributed by atoms with van der Waals surface area (Å²) in [4.78, 5) is 24.0. The van der Waals surface area contributed by atoms with Gasteiger partial charge in [0.25, 0.3) is 5.91 Å². The zero-order valence-electron chi connectivity index (χ0n) is 17.9. The van der Waals surface area contributed by atoms with E-state index in [-0.39, 0.29) is 18.1 Å². The van der Waals surface area contributed by atoms with E-state index in [1.807, 2.05) is 47.7 Å². The Labute approximate surface area is 187 Å². The third-order valence-corrected chi connectivity index (χ3v) is 5.65. The van der Waals surface area contributed by atoms with Crippen molar-refractivity contribution in [1.82, 2.24) is 24.6 Å². The summed E-state index contributed by atoms with van der Waals surface area (Å²) in [6.07, 6.45) is 7.44. The molecule has 4 rings (SSSR count). The van der Waals surface area contributed by atoms with E-state index in [0.717, 1.165) is 25.1 Å². The van der Waals surface area contributed by atoms with Crippen LogP contribution in [0.1, 0.15) is 42.0 Å². The quantitative estimate of drug-likeness (QED) is 0.569. The average molecular weight is 442 g/mol. The monoisotopic (exact) mass is 441 g/mol. The molecule has 0 saturated carbocycles. The number of halogens is 1. The lowest BCUT2D eigenvalue weighted by Crippen LogP contribution is -2.48. The van der Waals surface area contributed by atoms with Crippen LogP contribution in [0.2, 0.25) is 5.02 Å². The van der Waals surface area contributed by atoms with Gasteiger partial charge in [0.2, 0.25) is 0 Å². The molecule has 0 bridgehead atoms. The highest BCUT2D eigenvalue weighted by Crippen LogP contribution is 2.20. The number of imidazole rings is 1. The molecule has 4 heterocycles. The van der Waals surface area contributed by atoms with Crippen LogP contribution >= 0.6 is 11.6 Å². The number of hydrogen-bond acceptors (Lipinski definition) is 5. The molecule has 1 amide bonds. The first-order chi connectivity index (χ1) is 15.0. The van der Waals surface area contributed by atoms with E-state index in [0.29, 0.717) is 36.0 Å². The highest BCUT2D eigenvalue weighted by molar-refractivity contribution is 6.30. The average Bonchev–Trinajstić information content (AvgIpc) is 3.10. The number of nitrogens with one attached hydrogen (secondary N) is 1. The number of rotatable bonds is 7. The fraction of sp³-hybridized carbons (Fsp3) is 0.435. The maximum Gasteiger partial charge on any atom is 0.274 e. The molecule has 164 valence electrons. The minimum atomic E-state index is -0.0611. The van der Waals surface area contributed by atoms with Crippen LogP contribution in [-0.4, -0.2) is 57.0 Å². The van der Waals surface area contributed by atoms with Gasteiger partial charge in [0, 0.05) is 38.2 Å². The van der Waals surface area contributed by atoms with E-state index in [1.54, 1.807) is 12.3 Å². The van der Waals surface area contributed by atoms with Crippen LogP contribution < -0.4 is 5.32 Å². The van der Waals surface area contributed by atoms with Crippen molar-refractivity contribution in [1.29, 1.82) is 0 Å². The Balaban J connectivity index is 1.49. The van der Waals surface area contributed by atoms with Gasteiger partial charge < -0.3 is 19.4 Å². The van der Waals surface area contributed by atoms with E-state index < -0.39 is 0 Å². The van der Waals surface area contributed by atoms with Gasteiger partial charge in [0.1, 0.15) is 5.65 Å². The number of carbonyl (C=O) groups excluding carboxylic acids is 1. The predicted octanol–water partition coefficient (Wildman–Crippen LogP) is 3.35. The van der Waals surface area contributed by atoms with Crippen LogP contribution in [0.15, 0.2) is 42.9 Å². The summed E-state index contributed by atoms with van der Waals surface area (Å²) >= 11 is 6.23. The third kappa shape index (κ3) is 5.23. The minimum absolute atomic E-state index is 0.00762. The number of nitrogens with zero attached hydrogens (tertiary/aromatic N) is 4. The Bertz CT molecular complexity index is 1030. The smallest absolute Gasteiger partial charge is 0.274 e. The summed E-state index contributed by atoms with van der Waals surface area (Å²) < 4.78 is 7.70. The van der Waals surface area contributed by atoms with Gasteiger partial charge >= 0.3 is 0 Å². The van der Waals surface area contributed by atoms with Gasteiger partial charge in [-0.2, -0.15) is 0 Å². The van der Waals surface area contributed by atoms with Gasteiger partial charge in [-0.05, 0) is 57.0 Å². The van der Waals surface area contributed by atoms with Crippen molar-refractivity contribution in [2.75, 3.05) is 19.6 Å². The maximum atomic E-state index is 13.4. The van der Waals surface area contributed by atoms with Crippen LogP contribution in [0.3, 0.4) is 0 Å². The third-order valence-electron chi connectivity index (χ3n) is 5.43. The minimum Gasteiger partial charge on any atom is -0.372 e. The van der Waals surface area contributed by atoms with E-state index >= 15 is 0 Å². The first kappa shape index (κ1) is 21.7. The molecule has 1 aliphatic heterocycles. The molecule has 1 aliphatic rings. The molecular weight excluding hydrogens is 414 g/mol. The summed E-state index contributed by atoms with van der Waals surface area (Å²) in [7, 11) is 0. The molecule has 0 spiro atoms. The molecule has 3 aromatic rings. The van der Waals surface area contributed by atoms with E-state index in [9.17, 15) is 4.79 Å². The molecular formula is C23H28ClN5O2. The fourth-order valence-corrected chi connectivity index (χ4v) is 4.23. The van der Waals surface area contributed by atoms with Crippen molar-refractivity contribution < 1.29 is 9.53 Å². The molecule has 31 heavy (non-hydrogen) atoms. The number of amides is 1. The molecule has 7 nitrogen and oxygen atoms in total. The van der Waals surface area contributed by atoms with E-state index in [2.05, 4.69) is 21.4 Å². The van der Waals surface area contributed by atoms with Gasteiger partial charge in [0.15, 0.2) is 5.69 Å². The van der Waals surface area contributed by atoms with Crippen LogP contribution in [0, 0.1) is 0 Å². The number of aryl methyl sites for hydroxylation is 1. The highest BCUT2D eigenvalue weighted by Gasteiger charge is 2.30. The number of carbonyl (C=O) groups is 1. The number of ether oxygens (including phenoxy) is 1. The molecule has 3 aromatic heterocycles. The van der Waals surface area contributed by atoms with Crippen molar-refractivity contribution >= 4 is 23.2 Å². The Morgan fingerprint density at radius 3 is 2.81 bits per heavy atom. The number of aromatic nitrogens is 3. The summed E-state index contributed by atoms with van der Waals surface area (Å²) in [5.41, 5.74) is 3.24. The molecule has 0 unspecified atom stereocenters. The lowest BCUT2D eigenvalue weighted by molar-refractivity contribution is -0.0587. The Kier molecular flexibility index (Phi) is 6.85. The number of morpholine rings is 1. The first-order valence-electron chi connectivity index (χ1n) is 10.7.